The van der Waals surface area contributed by atoms with Crippen molar-refractivity contribution in [3.05, 3.63) is 40.3 Å². The van der Waals surface area contributed by atoms with E-state index in [9.17, 15) is 0 Å². The summed E-state index contributed by atoms with van der Waals surface area (Å²) in [6.07, 6.45) is 6.89. The number of rotatable bonds is 5. The minimum absolute atomic E-state index is 0.417. The first-order valence-corrected chi connectivity index (χ1v) is 11.2. The number of aromatic nitrogens is 4. The Kier molecular flexibility index (Phi) is 4.60. The van der Waals surface area contributed by atoms with E-state index in [1.54, 1.807) is 12.4 Å². The second kappa shape index (κ2) is 7.34. The van der Waals surface area contributed by atoms with E-state index in [4.69, 9.17) is 32.9 Å². The molecule has 1 N–H and O–H groups in total. The van der Waals surface area contributed by atoms with Crippen molar-refractivity contribution in [2.24, 2.45) is 0 Å². The van der Waals surface area contributed by atoms with Crippen molar-refractivity contribution >= 4 is 45.7 Å². The van der Waals surface area contributed by atoms with Gasteiger partial charge in [0.2, 0.25) is 5.95 Å². The zero-order valence-electron chi connectivity index (χ0n) is 16.4. The van der Waals surface area contributed by atoms with Gasteiger partial charge in [-0.1, -0.05) is 23.2 Å². The van der Waals surface area contributed by atoms with E-state index >= 15 is 0 Å². The van der Waals surface area contributed by atoms with Crippen LogP contribution in [0.2, 0.25) is 10.2 Å². The quantitative estimate of drug-likeness (QED) is 0.628. The number of nitrogens with one attached hydrogen (secondary N) is 1. The standard InChI is InChI=1S/C21H22Cl2N6O/c22-17-5-13-7-24-21(27-19-8-25-29(20(19)23)14-1-2-14)26-18(13)6-16(17)12-3-4-28(9-12)15-10-30-11-15/h5-8,12,14-15H,1-4,9-11H2,(H,24,26,27). The predicted octanol–water partition coefficient (Wildman–Crippen LogP) is 4.40. The first-order chi connectivity index (χ1) is 14.7. The van der Waals surface area contributed by atoms with Gasteiger partial charge in [-0.15, -0.1) is 0 Å². The van der Waals surface area contributed by atoms with Crippen molar-refractivity contribution in [1.29, 1.82) is 0 Å². The fraction of sp³-hybridized carbons (Fsp3) is 0.476. The normalized spacial score (nSPS) is 22.5. The van der Waals surface area contributed by atoms with Gasteiger partial charge < -0.3 is 10.1 Å². The SMILES string of the molecule is Clc1cc2cnc(Nc3cnn(C4CC4)c3Cl)nc2cc1C1CCN(C2COC2)C1. The van der Waals surface area contributed by atoms with E-state index in [0.717, 1.165) is 72.7 Å². The van der Waals surface area contributed by atoms with Crippen LogP contribution in [-0.4, -0.2) is 57.0 Å². The number of hydrogen-bond acceptors (Lipinski definition) is 6. The fourth-order valence-electron chi connectivity index (χ4n) is 4.37. The Morgan fingerprint density at radius 2 is 1.93 bits per heavy atom. The Balaban J connectivity index is 1.26. The maximum absolute atomic E-state index is 6.64. The van der Waals surface area contributed by atoms with Crippen LogP contribution in [0.3, 0.4) is 0 Å². The number of halogens is 2. The highest BCUT2D eigenvalue weighted by Gasteiger charge is 2.33. The second-order valence-electron chi connectivity index (χ2n) is 8.45. The summed E-state index contributed by atoms with van der Waals surface area (Å²) in [5, 5.41) is 9.92. The largest absolute Gasteiger partial charge is 0.378 e. The molecule has 1 atom stereocenters. The third-order valence-corrected chi connectivity index (χ3v) is 7.07. The molecule has 4 heterocycles. The topological polar surface area (TPSA) is 68.1 Å². The lowest BCUT2D eigenvalue weighted by Crippen LogP contribution is -2.47. The maximum atomic E-state index is 6.64. The van der Waals surface area contributed by atoms with Gasteiger partial charge >= 0.3 is 0 Å². The Bertz CT molecular complexity index is 1110. The van der Waals surface area contributed by atoms with E-state index in [-0.39, 0.29) is 0 Å². The molecule has 0 amide bonds. The van der Waals surface area contributed by atoms with E-state index in [1.807, 2.05) is 10.7 Å². The smallest absolute Gasteiger partial charge is 0.227 e. The van der Waals surface area contributed by atoms with Gasteiger partial charge in [0.1, 0.15) is 0 Å². The number of anilines is 2. The summed E-state index contributed by atoms with van der Waals surface area (Å²) >= 11 is 13.1. The molecule has 7 nitrogen and oxygen atoms in total. The first kappa shape index (κ1) is 18.8. The molecule has 3 aliphatic rings. The van der Waals surface area contributed by atoms with Crippen LogP contribution < -0.4 is 5.32 Å². The summed E-state index contributed by atoms with van der Waals surface area (Å²) in [5.41, 5.74) is 2.77. The number of hydrogen-bond donors (Lipinski definition) is 1. The lowest BCUT2D eigenvalue weighted by atomic mass is 9.97. The molecule has 3 aromatic rings. The van der Waals surface area contributed by atoms with E-state index in [0.29, 0.717) is 29.1 Å². The molecule has 156 valence electrons. The van der Waals surface area contributed by atoms with Crippen molar-refractivity contribution in [3.63, 3.8) is 0 Å². The van der Waals surface area contributed by atoms with Crippen molar-refractivity contribution < 1.29 is 4.74 Å². The molecule has 0 bridgehead atoms. The Morgan fingerprint density at radius 1 is 1.07 bits per heavy atom. The summed E-state index contributed by atoms with van der Waals surface area (Å²) in [6, 6.07) is 5.08. The monoisotopic (exact) mass is 444 g/mol. The van der Waals surface area contributed by atoms with E-state index in [2.05, 4.69) is 26.4 Å². The molecular weight excluding hydrogens is 423 g/mol. The summed E-state index contributed by atoms with van der Waals surface area (Å²) in [4.78, 5) is 11.7. The van der Waals surface area contributed by atoms with Gasteiger partial charge in [-0.05, 0) is 49.4 Å². The predicted molar refractivity (Wildman–Crippen MR) is 117 cm³/mol. The van der Waals surface area contributed by atoms with Gasteiger partial charge in [-0.3, -0.25) is 4.90 Å². The molecule has 6 rings (SSSR count). The maximum Gasteiger partial charge on any atom is 0.227 e. The highest BCUT2D eigenvalue weighted by atomic mass is 35.5. The first-order valence-electron chi connectivity index (χ1n) is 10.4. The van der Waals surface area contributed by atoms with Gasteiger partial charge in [0.05, 0.1) is 42.7 Å². The third kappa shape index (κ3) is 3.34. The fourth-order valence-corrected chi connectivity index (χ4v) is 4.98. The van der Waals surface area contributed by atoms with E-state index < -0.39 is 0 Å². The van der Waals surface area contributed by atoms with Crippen LogP contribution in [0, 0.1) is 0 Å². The minimum Gasteiger partial charge on any atom is -0.378 e. The molecule has 0 radical (unpaired) electrons. The van der Waals surface area contributed by atoms with Crippen LogP contribution in [0.1, 0.15) is 36.8 Å². The lowest BCUT2D eigenvalue weighted by Gasteiger charge is -2.34. The van der Waals surface area contributed by atoms with Crippen LogP contribution in [0.4, 0.5) is 11.6 Å². The molecule has 2 saturated heterocycles. The zero-order valence-corrected chi connectivity index (χ0v) is 17.9. The number of benzene rings is 1. The zero-order chi connectivity index (χ0) is 20.2. The molecule has 30 heavy (non-hydrogen) atoms. The number of ether oxygens (including phenoxy) is 1. The molecule has 2 aromatic heterocycles. The summed E-state index contributed by atoms with van der Waals surface area (Å²) in [7, 11) is 0. The number of nitrogens with zero attached hydrogens (tertiary/aromatic N) is 5. The molecule has 1 aromatic carbocycles. The third-order valence-electron chi connectivity index (χ3n) is 6.37. The van der Waals surface area contributed by atoms with Crippen LogP contribution >= 0.6 is 23.2 Å². The molecule has 2 aliphatic heterocycles. The van der Waals surface area contributed by atoms with Crippen LogP contribution in [-0.2, 0) is 4.74 Å². The molecule has 0 spiro atoms. The highest BCUT2D eigenvalue weighted by Crippen LogP contribution is 2.39. The van der Waals surface area contributed by atoms with Crippen molar-refractivity contribution in [1.82, 2.24) is 24.6 Å². The average Bonchev–Trinajstić information content (AvgIpc) is 3.32. The Morgan fingerprint density at radius 3 is 2.70 bits per heavy atom. The van der Waals surface area contributed by atoms with E-state index in [1.165, 1.54) is 0 Å². The van der Waals surface area contributed by atoms with Gasteiger partial charge in [-0.25, -0.2) is 14.6 Å². The highest BCUT2D eigenvalue weighted by molar-refractivity contribution is 6.32. The average molecular weight is 445 g/mol. The van der Waals surface area contributed by atoms with Gasteiger partial charge in [0.15, 0.2) is 5.15 Å². The van der Waals surface area contributed by atoms with Crippen molar-refractivity contribution in [2.45, 2.75) is 37.3 Å². The molecule has 1 saturated carbocycles. The van der Waals surface area contributed by atoms with Crippen LogP contribution in [0.5, 0.6) is 0 Å². The molecule has 3 fully saturated rings. The number of likely N-dealkylation sites (tertiary alicyclic amines) is 1. The van der Waals surface area contributed by atoms with Crippen LogP contribution in [0.25, 0.3) is 10.9 Å². The Labute approximate surface area is 184 Å². The molecule has 9 heteroatoms. The Hall–Kier alpha value is -1.93. The van der Waals surface area contributed by atoms with Crippen LogP contribution in [0.15, 0.2) is 24.5 Å². The van der Waals surface area contributed by atoms with Gasteiger partial charge in [-0.2, -0.15) is 5.10 Å². The van der Waals surface area contributed by atoms with Gasteiger partial charge in [0.25, 0.3) is 0 Å². The summed E-state index contributed by atoms with van der Waals surface area (Å²) in [6.45, 7) is 3.80. The second-order valence-corrected chi connectivity index (χ2v) is 9.21. The molecule has 1 unspecified atom stereocenters. The van der Waals surface area contributed by atoms with Crippen molar-refractivity contribution in [2.75, 3.05) is 31.6 Å². The summed E-state index contributed by atoms with van der Waals surface area (Å²) in [5.74, 6) is 0.924. The van der Waals surface area contributed by atoms with Gasteiger partial charge in [0, 0.05) is 23.2 Å². The molecule has 1 aliphatic carbocycles. The van der Waals surface area contributed by atoms with Crippen molar-refractivity contribution in [3.8, 4) is 0 Å². The summed E-state index contributed by atoms with van der Waals surface area (Å²) < 4.78 is 7.21. The molecular formula is C21H22Cl2N6O. The minimum atomic E-state index is 0.417. The number of fused-ring (bicyclic) bond motifs is 1. The lowest BCUT2D eigenvalue weighted by molar-refractivity contribution is -0.0573.